The summed E-state index contributed by atoms with van der Waals surface area (Å²) in [5.41, 5.74) is 0.956. The summed E-state index contributed by atoms with van der Waals surface area (Å²) in [7, 11) is 0. The van der Waals surface area contributed by atoms with E-state index in [1.54, 1.807) is 0 Å². The van der Waals surface area contributed by atoms with Crippen LogP contribution in [0.3, 0.4) is 0 Å². The summed E-state index contributed by atoms with van der Waals surface area (Å²) in [5.74, 6) is 0.972. The van der Waals surface area contributed by atoms with Gasteiger partial charge < -0.3 is 10.0 Å². The first-order valence-corrected chi connectivity index (χ1v) is 7.71. The van der Waals surface area contributed by atoms with Crippen LogP contribution < -0.4 is 4.90 Å². The summed E-state index contributed by atoms with van der Waals surface area (Å²) in [5, 5.41) is 18.5. The van der Waals surface area contributed by atoms with Crippen molar-refractivity contribution in [1.82, 2.24) is 15.1 Å². The van der Waals surface area contributed by atoms with Crippen molar-refractivity contribution in [2.24, 2.45) is 0 Å². The molecule has 5 nitrogen and oxygen atoms in total. The van der Waals surface area contributed by atoms with Crippen LogP contribution in [0, 0.1) is 6.92 Å². The number of aryl methyl sites for hydroxylation is 1. The molecule has 2 atom stereocenters. The van der Waals surface area contributed by atoms with Crippen molar-refractivity contribution in [3.63, 3.8) is 0 Å². The van der Waals surface area contributed by atoms with Gasteiger partial charge in [-0.05, 0) is 31.9 Å². The van der Waals surface area contributed by atoms with E-state index in [2.05, 4.69) is 20.0 Å². The quantitative estimate of drug-likeness (QED) is 0.880. The Morgan fingerprint density at radius 3 is 2.45 bits per heavy atom. The van der Waals surface area contributed by atoms with Gasteiger partial charge in [0.25, 0.3) is 0 Å². The molecule has 1 N–H and O–H groups in total. The zero-order valence-electron chi connectivity index (χ0n) is 12.2. The lowest BCUT2D eigenvalue weighted by Gasteiger charge is -2.42. The first kappa shape index (κ1) is 13.8. The van der Waals surface area contributed by atoms with E-state index in [4.69, 9.17) is 0 Å². The molecule has 0 aromatic carbocycles. The Labute approximate surface area is 120 Å². The summed E-state index contributed by atoms with van der Waals surface area (Å²) in [6.45, 7) is 5.93. The Hall–Kier alpha value is -1.20. The molecule has 1 saturated carbocycles. The maximum absolute atomic E-state index is 10.2. The van der Waals surface area contributed by atoms with Crippen LogP contribution in [0.5, 0.6) is 0 Å². The fourth-order valence-corrected chi connectivity index (χ4v) is 3.36. The fourth-order valence-electron chi connectivity index (χ4n) is 3.36. The molecule has 2 unspecified atom stereocenters. The first-order chi connectivity index (χ1) is 9.74. The largest absolute Gasteiger partial charge is 0.391 e. The van der Waals surface area contributed by atoms with Crippen LogP contribution >= 0.6 is 0 Å². The predicted molar refractivity (Wildman–Crippen MR) is 78.8 cm³/mol. The second-order valence-corrected chi connectivity index (χ2v) is 5.98. The van der Waals surface area contributed by atoms with Crippen molar-refractivity contribution in [3.8, 4) is 0 Å². The number of rotatable bonds is 2. The van der Waals surface area contributed by atoms with Gasteiger partial charge in [-0.15, -0.1) is 5.10 Å². The molecular formula is C15H24N4O. The van der Waals surface area contributed by atoms with Gasteiger partial charge in [0.05, 0.1) is 11.8 Å². The Bertz CT molecular complexity index is 428. The zero-order valence-corrected chi connectivity index (χ0v) is 12.2. The molecule has 0 radical (unpaired) electrons. The number of piperazine rings is 1. The topological polar surface area (TPSA) is 52.5 Å². The summed E-state index contributed by atoms with van der Waals surface area (Å²) < 4.78 is 0. The molecule has 20 heavy (non-hydrogen) atoms. The van der Waals surface area contributed by atoms with Crippen LogP contribution in [-0.4, -0.2) is 58.5 Å². The minimum atomic E-state index is -0.130. The smallest absolute Gasteiger partial charge is 0.151 e. The van der Waals surface area contributed by atoms with Crippen LogP contribution in [0.4, 0.5) is 5.82 Å². The molecule has 2 heterocycles. The van der Waals surface area contributed by atoms with E-state index in [1.165, 1.54) is 12.8 Å². The van der Waals surface area contributed by atoms with Gasteiger partial charge in [0.15, 0.2) is 5.82 Å². The Morgan fingerprint density at radius 2 is 1.80 bits per heavy atom. The van der Waals surface area contributed by atoms with Crippen molar-refractivity contribution in [3.05, 3.63) is 17.8 Å². The van der Waals surface area contributed by atoms with E-state index in [-0.39, 0.29) is 6.10 Å². The van der Waals surface area contributed by atoms with Crippen molar-refractivity contribution in [2.75, 3.05) is 31.1 Å². The second-order valence-electron chi connectivity index (χ2n) is 5.98. The Kier molecular flexibility index (Phi) is 4.17. The van der Waals surface area contributed by atoms with E-state index in [1.807, 2.05) is 19.1 Å². The highest BCUT2D eigenvalue weighted by Gasteiger charge is 2.31. The minimum Gasteiger partial charge on any atom is -0.391 e. The number of aliphatic hydroxyl groups excluding tert-OH is 1. The van der Waals surface area contributed by atoms with Crippen LogP contribution in [0.15, 0.2) is 12.1 Å². The predicted octanol–water partition coefficient (Wildman–Crippen LogP) is 1.21. The average Bonchev–Trinajstić information content (AvgIpc) is 2.49. The van der Waals surface area contributed by atoms with Crippen LogP contribution in [0.25, 0.3) is 0 Å². The molecule has 2 fully saturated rings. The number of nitrogens with zero attached hydrogens (tertiary/aromatic N) is 4. The number of anilines is 1. The van der Waals surface area contributed by atoms with Gasteiger partial charge in [-0.2, -0.15) is 5.10 Å². The van der Waals surface area contributed by atoms with Crippen molar-refractivity contribution < 1.29 is 5.11 Å². The van der Waals surface area contributed by atoms with E-state index in [9.17, 15) is 5.11 Å². The molecule has 0 spiro atoms. The van der Waals surface area contributed by atoms with Gasteiger partial charge in [-0.25, -0.2) is 0 Å². The highest BCUT2D eigenvalue weighted by molar-refractivity contribution is 5.37. The fraction of sp³-hybridized carbons (Fsp3) is 0.733. The Morgan fingerprint density at radius 1 is 1.05 bits per heavy atom. The van der Waals surface area contributed by atoms with Crippen molar-refractivity contribution in [2.45, 2.75) is 44.8 Å². The number of aliphatic hydroxyl groups is 1. The van der Waals surface area contributed by atoms with Gasteiger partial charge in [-0.1, -0.05) is 12.8 Å². The molecule has 1 saturated heterocycles. The molecule has 1 aromatic heterocycles. The maximum atomic E-state index is 10.2. The average molecular weight is 276 g/mol. The van der Waals surface area contributed by atoms with Gasteiger partial charge >= 0.3 is 0 Å². The van der Waals surface area contributed by atoms with E-state index in [0.29, 0.717) is 6.04 Å². The number of hydrogen-bond acceptors (Lipinski definition) is 5. The standard InChI is InChI=1S/C15H24N4O/c1-12-6-7-15(17-16-12)19-10-8-18(9-11-19)13-4-2-3-5-14(13)20/h6-7,13-14,20H,2-5,8-11H2,1H3. The Balaban J connectivity index is 1.57. The highest BCUT2D eigenvalue weighted by Crippen LogP contribution is 2.24. The SMILES string of the molecule is Cc1ccc(N2CCN(C3CCCCC3O)CC2)nn1. The molecule has 1 aliphatic heterocycles. The normalized spacial score (nSPS) is 28.6. The molecule has 2 aliphatic rings. The van der Waals surface area contributed by atoms with Crippen LogP contribution in [0.2, 0.25) is 0 Å². The van der Waals surface area contributed by atoms with Crippen molar-refractivity contribution in [1.29, 1.82) is 0 Å². The molecule has 5 heteroatoms. The summed E-state index contributed by atoms with van der Waals surface area (Å²) in [6, 6.07) is 4.43. The third-order valence-electron chi connectivity index (χ3n) is 4.59. The molecule has 1 aromatic rings. The highest BCUT2D eigenvalue weighted by atomic mass is 16.3. The van der Waals surface area contributed by atoms with E-state index < -0.39 is 0 Å². The van der Waals surface area contributed by atoms with Gasteiger partial charge in [0.1, 0.15) is 0 Å². The molecule has 3 rings (SSSR count). The number of hydrogen-bond donors (Lipinski definition) is 1. The summed E-state index contributed by atoms with van der Waals surface area (Å²) in [4.78, 5) is 4.75. The summed E-state index contributed by atoms with van der Waals surface area (Å²) in [6.07, 6.45) is 4.41. The third kappa shape index (κ3) is 2.94. The van der Waals surface area contributed by atoms with E-state index in [0.717, 1.165) is 50.5 Å². The zero-order chi connectivity index (χ0) is 13.9. The molecule has 0 bridgehead atoms. The lowest BCUT2D eigenvalue weighted by Crippen LogP contribution is -2.54. The van der Waals surface area contributed by atoms with E-state index >= 15 is 0 Å². The molecule has 1 aliphatic carbocycles. The lowest BCUT2D eigenvalue weighted by molar-refractivity contribution is 0.0172. The van der Waals surface area contributed by atoms with Gasteiger partial charge in [-0.3, -0.25) is 4.90 Å². The van der Waals surface area contributed by atoms with Crippen LogP contribution in [0.1, 0.15) is 31.4 Å². The van der Waals surface area contributed by atoms with Gasteiger partial charge in [0, 0.05) is 32.2 Å². The molecule has 0 amide bonds. The first-order valence-electron chi connectivity index (χ1n) is 7.71. The monoisotopic (exact) mass is 276 g/mol. The lowest BCUT2D eigenvalue weighted by atomic mass is 9.91. The maximum Gasteiger partial charge on any atom is 0.151 e. The second kappa shape index (κ2) is 6.06. The van der Waals surface area contributed by atoms with Gasteiger partial charge in [0.2, 0.25) is 0 Å². The number of aromatic nitrogens is 2. The summed E-state index contributed by atoms with van der Waals surface area (Å²) >= 11 is 0. The minimum absolute atomic E-state index is 0.130. The van der Waals surface area contributed by atoms with Crippen LogP contribution in [-0.2, 0) is 0 Å². The molecule has 110 valence electrons. The molecular weight excluding hydrogens is 252 g/mol. The third-order valence-corrected chi connectivity index (χ3v) is 4.59. The van der Waals surface area contributed by atoms with Crippen molar-refractivity contribution >= 4 is 5.82 Å².